The second-order valence-corrected chi connectivity index (χ2v) is 15.3. The van der Waals surface area contributed by atoms with Crippen molar-refractivity contribution in [1.29, 1.82) is 0 Å². The van der Waals surface area contributed by atoms with Gasteiger partial charge in [0.25, 0.3) is 0 Å². The van der Waals surface area contributed by atoms with Crippen LogP contribution in [-0.2, 0) is 5.41 Å². The molecule has 2 aromatic heterocycles. The lowest BCUT2D eigenvalue weighted by Crippen LogP contribution is -2.28. The third-order valence-corrected chi connectivity index (χ3v) is 12.5. The van der Waals surface area contributed by atoms with Crippen molar-refractivity contribution < 1.29 is 0 Å². The normalized spacial score (nSPS) is 12.9. The summed E-state index contributed by atoms with van der Waals surface area (Å²) >= 11 is 1.83. The maximum atomic E-state index is 5.05. The summed E-state index contributed by atoms with van der Waals surface area (Å²) in [7, 11) is 0. The zero-order valence-electron chi connectivity index (χ0n) is 29.9. The van der Waals surface area contributed by atoms with Gasteiger partial charge in [0.1, 0.15) is 0 Å². The molecule has 11 rings (SSSR count). The van der Waals surface area contributed by atoms with Crippen molar-refractivity contribution in [2.24, 2.45) is 0 Å². The monoisotopic (exact) mass is 718 g/mol. The largest absolute Gasteiger partial charge is 0.308 e. The molecule has 1 aliphatic carbocycles. The number of hydrogen-bond donors (Lipinski definition) is 0. The Morgan fingerprint density at radius 3 is 1.80 bits per heavy atom. The van der Waals surface area contributed by atoms with E-state index in [4.69, 9.17) is 4.98 Å². The maximum absolute atomic E-state index is 5.05. The molecule has 0 saturated carbocycles. The van der Waals surface area contributed by atoms with Crippen LogP contribution in [0.4, 0.5) is 17.1 Å². The molecule has 258 valence electrons. The molecule has 0 spiro atoms. The Morgan fingerprint density at radius 2 is 1.07 bits per heavy atom. The van der Waals surface area contributed by atoms with E-state index in [0.717, 1.165) is 22.6 Å². The molecule has 0 radical (unpaired) electrons. The highest BCUT2D eigenvalue weighted by Gasteiger charge is 2.47. The highest BCUT2D eigenvalue weighted by Crippen LogP contribution is 2.60. The number of nitrogens with zero attached hydrogens (tertiary/aromatic N) is 2. The van der Waals surface area contributed by atoms with E-state index in [1.165, 1.54) is 70.1 Å². The summed E-state index contributed by atoms with van der Waals surface area (Å²) in [5.74, 6) is 0. The van der Waals surface area contributed by atoms with E-state index in [9.17, 15) is 0 Å². The lowest BCUT2D eigenvalue weighted by atomic mass is 9.68. The molecule has 2 heterocycles. The maximum Gasteiger partial charge on any atom is 0.0909 e. The van der Waals surface area contributed by atoms with Crippen molar-refractivity contribution in [3.05, 3.63) is 229 Å². The molecule has 0 saturated heterocycles. The van der Waals surface area contributed by atoms with Crippen LogP contribution in [0.3, 0.4) is 0 Å². The molecular formula is C52H34N2S. The van der Waals surface area contributed by atoms with Crippen LogP contribution in [0.15, 0.2) is 206 Å². The summed E-state index contributed by atoms with van der Waals surface area (Å²) in [5, 5.41) is 3.66. The number of anilines is 3. The zero-order valence-corrected chi connectivity index (χ0v) is 30.7. The lowest BCUT2D eigenvalue weighted by molar-refractivity contribution is 0.768. The predicted molar refractivity (Wildman–Crippen MR) is 232 cm³/mol. The van der Waals surface area contributed by atoms with E-state index >= 15 is 0 Å². The molecule has 0 unspecified atom stereocenters. The highest BCUT2D eigenvalue weighted by molar-refractivity contribution is 7.26. The summed E-state index contributed by atoms with van der Waals surface area (Å²) in [5.41, 5.74) is 13.9. The minimum absolute atomic E-state index is 0.501. The summed E-state index contributed by atoms with van der Waals surface area (Å²) in [6.45, 7) is 0. The van der Waals surface area contributed by atoms with Gasteiger partial charge in [0, 0.05) is 27.5 Å². The van der Waals surface area contributed by atoms with Crippen molar-refractivity contribution in [3.63, 3.8) is 0 Å². The zero-order chi connectivity index (χ0) is 36.3. The summed E-state index contributed by atoms with van der Waals surface area (Å²) in [6, 6.07) is 73.1. The minimum Gasteiger partial charge on any atom is -0.308 e. The number of pyridine rings is 1. The van der Waals surface area contributed by atoms with Gasteiger partial charge in [-0.1, -0.05) is 164 Å². The SMILES string of the molecule is c1ccc(-c2ccc(N(c3cccc4c3-c3ccccc3C4(c3ccccc3)c3ccccc3)c3ccnc4c3sc3cc5ccccc5cc34)cc2)cc1. The summed E-state index contributed by atoms with van der Waals surface area (Å²) in [6.07, 6.45) is 1.99. The molecule has 0 fully saturated rings. The fraction of sp³-hybridized carbons (Fsp3) is 0.0192. The van der Waals surface area contributed by atoms with Gasteiger partial charge in [-0.25, -0.2) is 0 Å². The van der Waals surface area contributed by atoms with Crippen LogP contribution in [0.1, 0.15) is 22.3 Å². The average Bonchev–Trinajstić information content (AvgIpc) is 3.78. The number of benzene rings is 8. The summed E-state index contributed by atoms with van der Waals surface area (Å²) in [4.78, 5) is 7.54. The van der Waals surface area contributed by atoms with E-state index < -0.39 is 5.41 Å². The second kappa shape index (κ2) is 12.7. The molecule has 3 heteroatoms. The Labute approximate surface area is 324 Å². The van der Waals surface area contributed by atoms with Crippen molar-refractivity contribution >= 4 is 59.5 Å². The Hall–Kier alpha value is -6.81. The molecular weight excluding hydrogens is 685 g/mol. The van der Waals surface area contributed by atoms with Gasteiger partial charge in [0.15, 0.2) is 0 Å². The predicted octanol–water partition coefficient (Wildman–Crippen LogP) is 14.1. The van der Waals surface area contributed by atoms with Crippen molar-refractivity contribution in [3.8, 4) is 22.3 Å². The van der Waals surface area contributed by atoms with Crippen LogP contribution in [0.25, 0.3) is 53.3 Å². The number of hydrogen-bond acceptors (Lipinski definition) is 3. The molecule has 1 aliphatic rings. The molecule has 0 bridgehead atoms. The van der Waals surface area contributed by atoms with Gasteiger partial charge in [-0.3, -0.25) is 4.98 Å². The highest BCUT2D eigenvalue weighted by atomic mass is 32.1. The molecule has 0 N–H and O–H groups in total. The molecule has 2 nitrogen and oxygen atoms in total. The van der Waals surface area contributed by atoms with Gasteiger partial charge in [-0.05, 0) is 86.1 Å². The van der Waals surface area contributed by atoms with Crippen LogP contribution in [0.2, 0.25) is 0 Å². The number of thiophene rings is 1. The Morgan fingerprint density at radius 1 is 0.473 bits per heavy atom. The first-order chi connectivity index (χ1) is 27.3. The van der Waals surface area contributed by atoms with Gasteiger partial charge < -0.3 is 4.90 Å². The van der Waals surface area contributed by atoms with Crippen molar-refractivity contribution in [2.45, 2.75) is 5.41 Å². The first kappa shape index (κ1) is 31.7. The lowest BCUT2D eigenvalue weighted by Gasteiger charge is -2.34. The van der Waals surface area contributed by atoms with E-state index in [-0.39, 0.29) is 0 Å². The Kier molecular flexibility index (Phi) is 7.29. The smallest absolute Gasteiger partial charge is 0.0909 e. The minimum atomic E-state index is -0.501. The number of rotatable bonds is 6. The van der Waals surface area contributed by atoms with Gasteiger partial charge >= 0.3 is 0 Å². The Bertz CT molecular complexity index is 2980. The van der Waals surface area contributed by atoms with E-state index in [1.807, 2.05) is 17.5 Å². The molecule has 0 amide bonds. The van der Waals surface area contributed by atoms with Gasteiger partial charge in [-0.15, -0.1) is 11.3 Å². The van der Waals surface area contributed by atoms with Crippen LogP contribution < -0.4 is 4.90 Å². The van der Waals surface area contributed by atoms with Gasteiger partial charge in [0.2, 0.25) is 0 Å². The fourth-order valence-corrected chi connectivity index (χ4v) is 10.2. The molecule has 8 aromatic carbocycles. The number of aromatic nitrogens is 1. The van der Waals surface area contributed by atoms with Gasteiger partial charge in [-0.2, -0.15) is 0 Å². The fourth-order valence-electron chi connectivity index (χ4n) is 9.01. The summed E-state index contributed by atoms with van der Waals surface area (Å²) < 4.78 is 2.41. The van der Waals surface area contributed by atoms with Crippen LogP contribution in [0.5, 0.6) is 0 Å². The second-order valence-electron chi connectivity index (χ2n) is 14.3. The van der Waals surface area contributed by atoms with Crippen LogP contribution in [-0.4, -0.2) is 4.98 Å². The molecule has 55 heavy (non-hydrogen) atoms. The topological polar surface area (TPSA) is 16.1 Å². The van der Waals surface area contributed by atoms with Crippen molar-refractivity contribution in [2.75, 3.05) is 4.90 Å². The first-order valence-electron chi connectivity index (χ1n) is 18.8. The van der Waals surface area contributed by atoms with Gasteiger partial charge in [0.05, 0.1) is 27.0 Å². The van der Waals surface area contributed by atoms with Crippen molar-refractivity contribution in [1.82, 2.24) is 4.98 Å². The van der Waals surface area contributed by atoms with Crippen LogP contribution >= 0.6 is 11.3 Å². The molecule has 0 aliphatic heterocycles. The quantitative estimate of drug-likeness (QED) is 0.170. The third kappa shape index (κ3) is 4.83. The van der Waals surface area contributed by atoms with Crippen LogP contribution in [0, 0.1) is 0 Å². The Balaban J connectivity index is 1.22. The third-order valence-electron chi connectivity index (χ3n) is 11.4. The van der Waals surface area contributed by atoms with E-state index in [1.54, 1.807) is 0 Å². The first-order valence-corrected chi connectivity index (χ1v) is 19.6. The van der Waals surface area contributed by atoms with E-state index in [2.05, 4.69) is 205 Å². The average molecular weight is 719 g/mol. The standard InChI is InChI=1S/C52H34N2S/c1-4-15-35(16-5-1)36-27-29-41(30-28-36)54(47-31-32-53-50-43-33-37-17-10-11-18-38(37)34-48(43)55-51(47)50)46-26-14-25-45-49(46)42-23-12-13-24-44(42)52(45,39-19-6-2-7-20-39)40-21-8-3-9-22-40/h1-34H. The number of fused-ring (bicyclic) bond motifs is 7. The molecule has 0 atom stereocenters. The molecule has 10 aromatic rings. The van der Waals surface area contributed by atoms with E-state index in [0.29, 0.717) is 0 Å².